The molecule has 0 aromatic heterocycles. The Kier molecular flexibility index (Phi) is 18.2. The van der Waals surface area contributed by atoms with Gasteiger partial charge in [-0.15, -0.1) is 0 Å². The molecule has 7 heteroatoms. The molecule has 5 rings (SSSR count). The van der Waals surface area contributed by atoms with Crippen molar-refractivity contribution in [3.05, 3.63) is 69.8 Å². The molecule has 1 heterocycles. The Labute approximate surface area is 341 Å². The van der Waals surface area contributed by atoms with E-state index in [2.05, 4.69) is 71.0 Å². The maximum atomic E-state index is 13.5. The van der Waals surface area contributed by atoms with E-state index >= 15 is 0 Å². The number of benzene rings is 2. The second kappa shape index (κ2) is 22.0. The molecule has 54 heavy (non-hydrogen) atoms. The topological polar surface area (TPSA) is 61.8 Å². The van der Waals surface area contributed by atoms with E-state index < -0.39 is 8.60 Å². The molecule has 2 aromatic rings. The van der Waals surface area contributed by atoms with Crippen molar-refractivity contribution in [3.8, 4) is 11.5 Å². The molecule has 0 unspecified atom stereocenters. The maximum absolute atomic E-state index is 13.5. The number of hydrogen-bond acceptors (Lipinski definition) is 5. The molecular formula is C47H70LiO5P. The normalized spacial score (nSPS) is 17.9. The van der Waals surface area contributed by atoms with Crippen molar-refractivity contribution in [1.82, 2.24) is 0 Å². The number of allylic oxidation sites excluding steroid dienone is 2. The third-order valence-corrected chi connectivity index (χ3v) is 13.3. The zero-order chi connectivity index (χ0) is 37.7. The van der Waals surface area contributed by atoms with Gasteiger partial charge < -0.3 is 13.6 Å². The Morgan fingerprint density at radius 2 is 1.17 bits per heavy atom. The first-order chi connectivity index (χ1) is 25.6. The van der Waals surface area contributed by atoms with Gasteiger partial charge in [-0.25, -0.2) is 0 Å². The second-order valence-corrected chi connectivity index (χ2v) is 18.2. The van der Waals surface area contributed by atoms with Crippen LogP contribution >= 0.6 is 8.60 Å². The first-order valence-corrected chi connectivity index (χ1v) is 22.5. The van der Waals surface area contributed by atoms with Crippen LogP contribution in [0, 0.1) is 13.8 Å². The van der Waals surface area contributed by atoms with Crippen molar-refractivity contribution in [1.29, 1.82) is 0 Å². The van der Waals surface area contributed by atoms with Crippen molar-refractivity contribution in [2.24, 2.45) is 0 Å². The van der Waals surface area contributed by atoms with Gasteiger partial charge >= 0.3 is 33.4 Å². The molecule has 2 saturated carbocycles. The summed E-state index contributed by atoms with van der Waals surface area (Å²) in [5.41, 5.74) is 7.25. The van der Waals surface area contributed by atoms with Gasteiger partial charge in [0.05, 0.1) is 0 Å². The van der Waals surface area contributed by atoms with E-state index in [1.807, 2.05) is 0 Å². The number of fused-ring (bicyclic) bond motifs is 2. The van der Waals surface area contributed by atoms with Crippen LogP contribution in [0.1, 0.15) is 202 Å². The summed E-state index contributed by atoms with van der Waals surface area (Å²) in [6.45, 7) is 11.4. The van der Waals surface area contributed by atoms with E-state index in [1.165, 1.54) is 99.3 Å². The summed E-state index contributed by atoms with van der Waals surface area (Å²) in [6.07, 6.45) is 29.4. The van der Waals surface area contributed by atoms with Gasteiger partial charge in [0.25, 0.3) is 0 Å². The van der Waals surface area contributed by atoms with E-state index in [9.17, 15) is 9.59 Å². The molecule has 0 spiro atoms. The third-order valence-electron chi connectivity index (χ3n) is 12.3. The van der Waals surface area contributed by atoms with Crippen LogP contribution in [0.4, 0.5) is 0 Å². The molecule has 294 valence electrons. The van der Waals surface area contributed by atoms with Gasteiger partial charge in [0, 0.05) is 36.8 Å². The van der Waals surface area contributed by atoms with Gasteiger partial charge in [0.1, 0.15) is 17.3 Å². The van der Waals surface area contributed by atoms with Crippen LogP contribution < -0.4 is 9.05 Å². The van der Waals surface area contributed by atoms with Crippen molar-refractivity contribution < 1.29 is 23.2 Å². The number of unbranched alkanes of at least 4 members (excludes halogenated alkanes) is 7. The molecule has 0 bridgehead atoms. The Bertz CT molecular complexity index is 1460. The van der Waals surface area contributed by atoms with Gasteiger partial charge in [-0.1, -0.05) is 139 Å². The fourth-order valence-corrected chi connectivity index (χ4v) is 10.2. The number of carbonyl (C=O) groups excluding carboxylic acids is 2. The average molecular weight is 753 g/mol. The quantitative estimate of drug-likeness (QED) is 0.0657. The first kappa shape index (κ1) is 44.7. The molecule has 0 amide bonds. The second-order valence-electron chi connectivity index (χ2n) is 17.2. The predicted molar refractivity (Wildman–Crippen MR) is 227 cm³/mol. The molecule has 5 nitrogen and oxygen atoms in total. The number of Topliss-reactive ketones (excluding diaryl/α,β-unsaturated/α-hetero) is 1. The Balaban J connectivity index is 0.00000650. The van der Waals surface area contributed by atoms with Crippen LogP contribution in [0.5, 0.6) is 11.5 Å². The molecule has 2 aromatic carbocycles. The number of carbonyl (C=O) groups is 2. The Hall–Kier alpha value is -2.05. The summed E-state index contributed by atoms with van der Waals surface area (Å²) in [5.74, 6) is 1.65. The molecule has 3 aliphatic rings. The number of hydrogen-bond donors (Lipinski definition) is 0. The average Bonchev–Trinajstić information content (AvgIpc) is 3.12. The number of aryl methyl sites for hydroxylation is 2. The molecule has 0 N–H and O–H groups in total. The number of rotatable bonds is 18. The summed E-state index contributed by atoms with van der Waals surface area (Å²) in [6, 6.07) is 9.13. The van der Waals surface area contributed by atoms with E-state index in [0.29, 0.717) is 25.7 Å². The predicted octanol–water partition coefficient (Wildman–Crippen LogP) is 13.4. The molecule has 2 fully saturated rings. The van der Waals surface area contributed by atoms with Crippen molar-refractivity contribution in [2.45, 2.75) is 200 Å². The van der Waals surface area contributed by atoms with Crippen molar-refractivity contribution >= 4 is 39.2 Å². The van der Waals surface area contributed by atoms with E-state index in [4.69, 9.17) is 13.6 Å². The fraction of sp³-hybridized carbons (Fsp3) is 0.660. The minimum atomic E-state index is -2.04. The molecule has 0 radical (unpaired) electrons. The van der Waals surface area contributed by atoms with Crippen LogP contribution in [-0.2, 0) is 31.4 Å². The summed E-state index contributed by atoms with van der Waals surface area (Å²) in [7, 11) is -2.04. The Morgan fingerprint density at radius 1 is 0.667 bits per heavy atom. The molecule has 2 aliphatic carbocycles. The monoisotopic (exact) mass is 753 g/mol. The van der Waals surface area contributed by atoms with Crippen molar-refractivity contribution in [3.63, 3.8) is 0 Å². The van der Waals surface area contributed by atoms with Crippen LogP contribution in [-0.4, -0.2) is 30.6 Å². The van der Waals surface area contributed by atoms with Gasteiger partial charge in [-0.3, -0.25) is 9.59 Å². The fourth-order valence-electron chi connectivity index (χ4n) is 9.05. The standard InChI is InChI=1S/C47H69O5P.Li.H/c1-6-7-8-9-10-11-12-13-14-17-24-40(48)25-18-19-26-43(49)50-53-51-44-38(31-36(2)33-41(44)46(4)27-20-15-21-28-46)35-39-32-37(3)34-42(45(39)52-53)47(5)29-22-16-23-30-47;;/h13-14,31-34H,6-12,15-30,35H2,1-5H3;;/b14-13-;;. The van der Waals surface area contributed by atoms with Crippen molar-refractivity contribution in [2.75, 3.05) is 0 Å². The molecule has 0 atom stereocenters. The molecule has 0 saturated heterocycles. The molecular weight excluding hydrogens is 682 g/mol. The van der Waals surface area contributed by atoms with Crippen LogP contribution in [0.25, 0.3) is 0 Å². The van der Waals surface area contributed by atoms with Gasteiger partial charge in [-0.2, -0.15) is 0 Å². The zero-order valence-electron chi connectivity index (χ0n) is 33.9. The first-order valence-electron chi connectivity index (χ1n) is 21.4. The van der Waals surface area contributed by atoms with Gasteiger partial charge in [0.2, 0.25) is 0 Å². The van der Waals surface area contributed by atoms with Crippen LogP contribution in [0.3, 0.4) is 0 Å². The Morgan fingerprint density at radius 3 is 1.72 bits per heavy atom. The minimum absolute atomic E-state index is 0. The summed E-state index contributed by atoms with van der Waals surface area (Å²) < 4.78 is 19.9. The van der Waals surface area contributed by atoms with Crippen LogP contribution in [0.2, 0.25) is 0 Å². The van der Waals surface area contributed by atoms with E-state index in [-0.39, 0.29) is 47.9 Å². The van der Waals surface area contributed by atoms with E-state index in [0.717, 1.165) is 67.6 Å². The van der Waals surface area contributed by atoms with Gasteiger partial charge in [0.15, 0.2) is 0 Å². The summed E-state index contributed by atoms with van der Waals surface area (Å²) in [4.78, 5) is 26.1. The summed E-state index contributed by atoms with van der Waals surface area (Å²) in [5, 5.41) is 0. The summed E-state index contributed by atoms with van der Waals surface area (Å²) >= 11 is 0. The van der Waals surface area contributed by atoms with E-state index in [1.54, 1.807) is 0 Å². The van der Waals surface area contributed by atoms with Crippen LogP contribution in [0.15, 0.2) is 36.4 Å². The SMILES string of the molecule is CCCCCCCC/C=C\CCC(=O)CCCCC(=O)OP1Oc2c(cc(C)cc2C2(C)CCCCC2)Cc2cc(C)cc(C3(C)CCCCC3)c2O1.[LiH]. The zero-order valence-corrected chi connectivity index (χ0v) is 34.8. The van der Waals surface area contributed by atoms with Gasteiger partial charge in [-0.05, 0) is 93.6 Å². The molecule has 1 aliphatic heterocycles. The third kappa shape index (κ3) is 12.7. The number of ketones is 1.